The predicted molar refractivity (Wildman–Crippen MR) is 125 cm³/mol. The number of ether oxygens (including phenoxy) is 1. The Balaban J connectivity index is 1.42. The summed E-state index contributed by atoms with van der Waals surface area (Å²) < 4.78 is 6.09. The van der Waals surface area contributed by atoms with Gasteiger partial charge < -0.3 is 15.0 Å². The second-order valence-corrected chi connectivity index (χ2v) is 9.14. The van der Waals surface area contributed by atoms with Crippen LogP contribution in [0.15, 0.2) is 65.7 Å². The monoisotopic (exact) mass is 418 g/mol. The molecule has 1 aromatic heterocycles. The minimum atomic E-state index is 0.302. The van der Waals surface area contributed by atoms with Crippen LogP contribution in [0.1, 0.15) is 10.4 Å². The van der Waals surface area contributed by atoms with Gasteiger partial charge in [-0.25, -0.2) is 4.99 Å². The van der Waals surface area contributed by atoms with E-state index in [0.29, 0.717) is 12.6 Å². The number of hydrogen-bond acceptors (Lipinski definition) is 6. The zero-order valence-electron chi connectivity index (χ0n) is 17.3. The van der Waals surface area contributed by atoms with Crippen LogP contribution >= 0.6 is 11.3 Å². The number of aryl methyl sites for hydroxylation is 1. The molecule has 30 heavy (non-hydrogen) atoms. The number of aliphatic imine (C=N–C) groups is 1. The van der Waals surface area contributed by atoms with Crippen molar-refractivity contribution < 1.29 is 4.74 Å². The highest BCUT2D eigenvalue weighted by molar-refractivity contribution is 7.16. The minimum absolute atomic E-state index is 0.302. The molecule has 3 aromatic rings. The maximum atomic E-state index is 6.09. The summed E-state index contributed by atoms with van der Waals surface area (Å²) >= 11 is 1.79. The molecule has 2 aliphatic rings. The third-order valence-corrected chi connectivity index (χ3v) is 6.70. The van der Waals surface area contributed by atoms with Crippen molar-refractivity contribution in [3.05, 3.63) is 71.1 Å². The third-order valence-electron chi connectivity index (χ3n) is 5.74. The lowest BCUT2D eigenvalue weighted by Crippen LogP contribution is -2.55. The molecule has 1 saturated heterocycles. The van der Waals surface area contributed by atoms with E-state index in [1.54, 1.807) is 11.3 Å². The van der Waals surface area contributed by atoms with Crippen LogP contribution in [0.3, 0.4) is 0 Å². The Morgan fingerprint density at radius 3 is 2.77 bits per heavy atom. The Morgan fingerprint density at radius 2 is 1.90 bits per heavy atom. The van der Waals surface area contributed by atoms with Crippen molar-refractivity contribution in [2.45, 2.75) is 13.0 Å². The first kappa shape index (κ1) is 19.2. The SMILES string of the molecule is Cc1cc2c(s1)Nc1ccccc1N=C2N1CCN(C)C(COc2ccccc2)C1. The fourth-order valence-electron chi connectivity index (χ4n) is 4.02. The second-order valence-electron chi connectivity index (χ2n) is 7.88. The van der Waals surface area contributed by atoms with Crippen LogP contribution in [0.4, 0.5) is 16.4 Å². The molecule has 0 radical (unpaired) electrons. The molecule has 6 heteroatoms. The van der Waals surface area contributed by atoms with Crippen molar-refractivity contribution in [2.24, 2.45) is 4.99 Å². The summed E-state index contributed by atoms with van der Waals surface area (Å²) in [5, 5.41) is 4.78. The molecule has 0 aliphatic carbocycles. The normalized spacial score (nSPS) is 18.7. The molecule has 2 aliphatic heterocycles. The molecule has 1 atom stereocenters. The molecule has 3 heterocycles. The van der Waals surface area contributed by atoms with Crippen LogP contribution in [0.5, 0.6) is 5.75 Å². The van der Waals surface area contributed by atoms with Crippen molar-refractivity contribution in [2.75, 3.05) is 38.6 Å². The van der Waals surface area contributed by atoms with E-state index in [4.69, 9.17) is 9.73 Å². The lowest BCUT2D eigenvalue weighted by Gasteiger charge is -2.40. The van der Waals surface area contributed by atoms with Crippen LogP contribution < -0.4 is 10.1 Å². The van der Waals surface area contributed by atoms with Gasteiger partial charge in [0.25, 0.3) is 0 Å². The van der Waals surface area contributed by atoms with E-state index in [1.165, 1.54) is 15.4 Å². The van der Waals surface area contributed by atoms with Gasteiger partial charge in [0.15, 0.2) is 0 Å². The summed E-state index contributed by atoms with van der Waals surface area (Å²) in [4.78, 5) is 11.2. The van der Waals surface area contributed by atoms with Gasteiger partial charge in [0, 0.05) is 24.5 Å². The maximum absolute atomic E-state index is 6.09. The summed E-state index contributed by atoms with van der Waals surface area (Å²) in [5.41, 5.74) is 3.25. The first-order valence-corrected chi connectivity index (χ1v) is 11.2. The number of piperazine rings is 1. The lowest BCUT2D eigenvalue weighted by molar-refractivity contribution is 0.0969. The maximum Gasteiger partial charge on any atom is 0.139 e. The van der Waals surface area contributed by atoms with Crippen molar-refractivity contribution in [3.8, 4) is 5.75 Å². The van der Waals surface area contributed by atoms with Gasteiger partial charge in [0.05, 0.1) is 23.0 Å². The third kappa shape index (κ3) is 3.80. The molecule has 154 valence electrons. The van der Waals surface area contributed by atoms with Gasteiger partial charge in [-0.1, -0.05) is 30.3 Å². The van der Waals surface area contributed by atoms with E-state index >= 15 is 0 Å². The lowest BCUT2D eigenvalue weighted by atomic mass is 10.1. The van der Waals surface area contributed by atoms with E-state index in [1.807, 2.05) is 36.4 Å². The van der Waals surface area contributed by atoms with Gasteiger partial charge in [-0.05, 0) is 44.3 Å². The molecule has 0 saturated carbocycles. The zero-order valence-corrected chi connectivity index (χ0v) is 18.2. The van der Waals surface area contributed by atoms with Crippen LogP contribution in [0.25, 0.3) is 0 Å². The molecule has 1 fully saturated rings. The zero-order chi connectivity index (χ0) is 20.5. The number of rotatable bonds is 3. The molecule has 0 amide bonds. The van der Waals surface area contributed by atoms with Gasteiger partial charge in [-0.2, -0.15) is 0 Å². The molecule has 5 rings (SSSR count). The largest absolute Gasteiger partial charge is 0.492 e. The van der Waals surface area contributed by atoms with E-state index in [0.717, 1.165) is 42.6 Å². The van der Waals surface area contributed by atoms with Gasteiger partial charge in [-0.3, -0.25) is 4.90 Å². The number of anilines is 2. The highest BCUT2D eigenvalue weighted by Crippen LogP contribution is 2.39. The highest BCUT2D eigenvalue weighted by atomic mass is 32.1. The molecule has 0 spiro atoms. The van der Waals surface area contributed by atoms with Gasteiger partial charge >= 0.3 is 0 Å². The van der Waals surface area contributed by atoms with E-state index in [2.05, 4.69) is 53.4 Å². The molecule has 1 unspecified atom stereocenters. The molecular formula is C24H26N4OS. The van der Waals surface area contributed by atoms with Gasteiger partial charge in [0.1, 0.15) is 23.2 Å². The minimum Gasteiger partial charge on any atom is -0.492 e. The average molecular weight is 419 g/mol. The van der Waals surface area contributed by atoms with Crippen LogP contribution in [-0.2, 0) is 0 Å². The summed E-state index contributed by atoms with van der Waals surface area (Å²) in [6.45, 7) is 5.64. The van der Waals surface area contributed by atoms with E-state index < -0.39 is 0 Å². The molecule has 1 N–H and O–H groups in total. The number of fused-ring (bicyclic) bond motifs is 2. The Morgan fingerprint density at radius 1 is 1.10 bits per heavy atom. The standard InChI is InChI=1S/C24H26N4OS/c1-17-14-20-23(25-21-10-6-7-11-22(21)26-24(20)30-17)28-13-12-27(2)18(15-28)16-29-19-8-4-3-5-9-19/h3-11,14,18,26H,12-13,15-16H2,1-2H3. The predicted octanol–water partition coefficient (Wildman–Crippen LogP) is 4.89. The van der Waals surface area contributed by atoms with Crippen molar-refractivity contribution >= 4 is 33.5 Å². The van der Waals surface area contributed by atoms with Gasteiger partial charge in [-0.15, -0.1) is 11.3 Å². The fourth-order valence-corrected chi connectivity index (χ4v) is 4.94. The fraction of sp³-hybridized carbons (Fsp3) is 0.292. The quantitative estimate of drug-likeness (QED) is 0.658. The summed E-state index contributed by atoms with van der Waals surface area (Å²) in [6, 6.07) is 20.9. The number of nitrogens with zero attached hydrogens (tertiary/aromatic N) is 3. The Kier molecular flexibility index (Phi) is 5.19. The number of thiophene rings is 1. The Labute approximate surface area is 181 Å². The van der Waals surface area contributed by atoms with Gasteiger partial charge in [0.2, 0.25) is 0 Å². The van der Waals surface area contributed by atoms with E-state index in [9.17, 15) is 0 Å². The number of nitrogens with one attached hydrogen (secondary N) is 1. The van der Waals surface area contributed by atoms with E-state index in [-0.39, 0.29) is 0 Å². The van der Waals surface area contributed by atoms with Crippen molar-refractivity contribution in [1.29, 1.82) is 0 Å². The number of amidine groups is 1. The number of para-hydroxylation sites is 3. The number of benzene rings is 2. The van der Waals surface area contributed by atoms with Crippen LogP contribution in [0.2, 0.25) is 0 Å². The molecule has 2 aromatic carbocycles. The van der Waals surface area contributed by atoms with Crippen LogP contribution in [-0.4, -0.2) is 55.0 Å². The summed E-state index contributed by atoms with van der Waals surface area (Å²) in [7, 11) is 2.18. The second kappa shape index (κ2) is 8.13. The summed E-state index contributed by atoms with van der Waals surface area (Å²) in [6.07, 6.45) is 0. The molecule has 5 nitrogen and oxygen atoms in total. The van der Waals surface area contributed by atoms with Crippen LogP contribution in [0, 0.1) is 6.92 Å². The van der Waals surface area contributed by atoms with Crippen molar-refractivity contribution in [1.82, 2.24) is 9.80 Å². The smallest absolute Gasteiger partial charge is 0.139 e. The first-order chi connectivity index (χ1) is 14.7. The van der Waals surface area contributed by atoms with Crippen molar-refractivity contribution in [3.63, 3.8) is 0 Å². The molecule has 0 bridgehead atoms. The average Bonchev–Trinajstić information content (AvgIpc) is 3.05. The number of likely N-dealkylation sites (N-methyl/N-ethyl adjacent to an activating group) is 1. The first-order valence-electron chi connectivity index (χ1n) is 10.4. The Bertz CT molecular complexity index is 1060. The molecular weight excluding hydrogens is 392 g/mol. The number of hydrogen-bond donors (Lipinski definition) is 1. The highest BCUT2D eigenvalue weighted by Gasteiger charge is 2.30. The Hall–Kier alpha value is -2.83. The summed E-state index contributed by atoms with van der Waals surface area (Å²) in [5.74, 6) is 1.98. The topological polar surface area (TPSA) is 40.1 Å².